The first-order chi connectivity index (χ1) is 5.81. The monoisotopic (exact) mass is 162 g/mol. The fourth-order valence-corrected chi connectivity index (χ4v) is 1.00. The summed E-state index contributed by atoms with van der Waals surface area (Å²) in [5, 5.41) is 15.6. The maximum Gasteiger partial charge on any atom is 0.190 e. The highest BCUT2D eigenvalue weighted by Crippen LogP contribution is 2.02. The van der Waals surface area contributed by atoms with E-state index < -0.39 is 0 Å². The van der Waals surface area contributed by atoms with Crippen molar-refractivity contribution in [2.24, 2.45) is 0 Å². The van der Waals surface area contributed by atoms with Crippen molar-refractivity contribution in [3.05, 3.63) is 17.7 Å². The van der Waals surface area contributed by atoms with Gasteiger partial charge in [0.15, 0.2) is 12.0 Å². The van der Waals surface area contributed by atoms with Crippen molar-refractivity contribution in [2.75, 3.05) is 0 Å². The standard InChI is InChI=1S/C8H10N4/c1-2-3-7-5-12(6-10)8(4-9)11-7/h4-5,9H,2-3H2,1H3. The Labute approximate surface area is 71.0 Å². The third-order valence-electron chi connectivity index (χ3n) is 1.53. The number of hydrogen-bond acceptors (Lipinski definition) is 3. The smallest absolute Gasteiger partial charge is 0.190 e. The minimum Gasteiger partial charge on any atom is -0.305 e. The van der Waals surface area contributed by atoms with Crippen LogP contribution in [0.5, 0.6) is 0 Å². The fourth-order valence-electron chi connectivity index (χ4n) is 1.00. The second-order valence-corrected chi connectivity index (χ2v) is 2.45. The number of aryl methyl sites for hydroxylation is 1. The zero-order valence-electron chi connectivity index (χ0n) is 6.91. The first-order valence-electron chi connectivity index (χ1n) is 3.80. The molecule has 1 heterocycles. The number of nitrogens with one attached hydrogen (secondary N) is 1. The van der Waals surface area contributed by atoms with Gasteiger partial charge in [0.2, 0.25) is 0 Å². The molecule has 0 fully saturated rings. The van der Waals surface area contributed by atoms with Crippen LogP contribution < -0.4 is 0 Å². The zero-order chi connectivity index (χ0) is 8.97. The number of nitriles is 1. The summed E-state index contributed by atoms with van der Waals surface area (Å²) in [6.45, 7) is 2.05. The van der Waals surface area contributed by atoms with Crippen molar-refractivity contribution in [3.8, 4) is 6.19 Å². The third-order valence-corrected chi connectivity index (χ3v) is 1.53. The second-order valence-electron chi connectivity index (χ2n) is 2.45. The summed E-state index contributed by atoms with van der Waals surface area (Å²) in [4.78, 5) is 4.09. The molecule has 0 radical (unpaired) electrons. The number of nitrogens with zero attached hydrogens (tertiary/aromatic N) is 3. The van der Waals surface area contributed by atoms with Crippen LogP contribution in [0.3, 0.4) is 0 Å². The van der Waals surface area contributed by atoms with E-state index in [1.165, 1.54) is 4.57 Å². The maximum atomic E-state index is 8.60. The van der Waals surface area contributed by atoms with Crippen LogP contribution in [-0.4, -0.2) is 15.8 Å². The summed E-state index contributed by atoms with van der Waals surface area (Å²) in [7, 11) is 0. The molecule has 0 aromatic carbocycles. The highest BCUT2D eigenvalue weighted by molar-refractivity contribution is 5.72. The summed E-state index contributed by atoms with van der Waals surface area (Å²) in [5.74, 6) is 0.404. The molecule has 0 spiro atoms. The highest BCUT2D eigenvalue weighted by atomic mass is 15.1. The molecule has 0 saturated heterocycles. The van der Waals surface area contributed by atoms with Crippen molar-refractivity contribution in [1.82, 2.24) is 9.55 Å². The van der Waals surface area contributed by atoms with Crippen LogP contribution in [0.15, 0.2) is 6.20 Å². The lowest BCUT2D eigenvalue weighted by atomic mass is 10.3. The van der Waals surface area contributed by atoms with Crippen molar-refractivity contribution in [2.45, 2.75) is 19.8 Å². The lowest BCUT2D eigenvalue weighted by molar-refractivity contribution is 0.891. The molecule has 1 aromatic heterocycles. The molecule has 0 saturated carbocycles. The molecule has 0 aliphatic rings. The lowest BCUT2D eigenvalue weighted by Crippen LogP contribution is -1.93. The maximum absolute atomic E-state index is 8.60. The van der Waals surface area contributed by atoms with Crippen LogP contribution in [0.25, 0.3) is 0 Å². The molecular weight excluding hydrogens is 152 g/mol. The Balaban J connectivity index is 2.99. The van der Waals surface area contributed by atoms with E-state index in [-0.39, 0.29) is 0 Å². The summed E-state index contributed by atoms with van der Waals surface area (Å²) in [5.41, 5.74) is 0.873. The van der Waals surface area contributed by atoms with Gasteiger partial charge in [-0.05, 0) is 6.42 Å². The molecule has 1 aromatic rings. The summed E-state index contributed by atoms with van der Waals surface area (Å²) < 4.78 is 1.30. The first kappa shape index (κ1) is 8.47. The summed E-state index contributed by atoms with van der Waals surface area (Å²) in [6.07, 6.45) is 6.54. The minimum absolute atomic E-state index is 0.404. The van der Waals surface area contributed by atoms with Gasteiger partial charge in [0.25, 0.3) is 0 Å². The highest BCUT2D eigenvalue weighted by Gasteiger charge is 2.03. The largest absolute Gasteiger partial charge is 0.305 e. The van der Waals surface area contributed by atoms with Crippen LogP contribution in [-0.2, 0) is 6.42 Å². The van der Waals surface area contributed by atoms with Gasteiger partial charge < -0.3 is 5.41 Å². The van der Waals surface area contributed by atoms with E-state index in [1.54, 1.807) is 6.20 Å². The fraction of sp³-hybridized carbons (Fsp3) is 0.375. The van der Waals surface area contributed by atoms with Crippen LogP contribution in [0.2, 0.25) is 0 Å². The molecule has 4 heteroatoms. The van der Waals surface area contributed by atoms with Gasteiger partial charge in [-0.25, -0.2) is 9.55 Å². The Morgan fingerprint density at radius 1 is 1.83 bits per heavy atom. The Kier molecular flexibility index (Phi) is 2.59. The van der Waals surface area contributed by atoms with Crippen LogP contribution in [0.1, 0.15) is 24.9 Å². The average Bonchev–Trinajstić information content (AvgIpc) is 2.48. The quantitative estimate of drug-likeness (QED) is 0.678. The number of imidazole rings is 1. The van der Waals surface area contributed by atoms with Gasteiger partial charge in [-0.15, -0.1) is 0 Å². The van der Waals surface area contributed by atoms with E-state index in [0.717, 1.165) is 24.8 Å². The molecule has 0 aliphatic carbocycles. The molecule has 0 amide bonds. The third kappa shape index (κ3) is 1.51. The molecule has 12 heavy (non-hydrogen) atoms. The van der Waals surface area contributed by atoms with Gasteiger partial charge in [0, 0.05) is 6.20 Å². The van der Waals surface area contributed by atoms with Crippen LogP contribution in [0.4, 0.5) is 0 Å². The van der Waals surface area contributed by atoms with Gasteiger partial charge in [-0.2, -0.15) is 5.26 Å². The van der Waals surface area contributed by atoms with Crippen LogP contribution in [0, 0.1) is 16.9 Å². The molecule has 0 atom stereocenters. The van der Waals surface area contributed by atoms with E-state index in [1.807, 2.05) is 6.19 Å². The molecule has 0 aliphatic heterocycles. The molecule has 1 N–H and O–H groups in total. The second kappa shape index (κ2) is 3.67. The first-order valence-corrected chi connectivity index (χ1v) is 3.80. The SMILES string of the molecule is CCCc1cn(C#N)c(C=N)n1. The van der Waals surface area contributed by atoms with Gasteiger partial charge in [-0.1, -0.05) is 13.3 Å². The summed E-state index contributed by atoms with van der Waals surface area (Å²) in [6, 6.07) is 0. The Morgan fingerprint density at radius 3 is 3.00 bits per heavy atom. The molecule has 62 valence electrons. The molecule has 1 rings (SSSR count). The number of rotatable bonds is 3. The predicted octanol–water partition coefficient (Wildman–Crippen LogP) is 1.16. The van der Waals surface area contributed by atoms with E-state index in [0.29, 0.717) is 5.82 Å². The number of hydrogen-bond donors (Lipinski definition) is 1. The van der Waals surface area contributed by atoms with E-state index >= 15 is 0 Å². The molecule has 0 bridgehead atoms. The average molecular weight is 162 g/mol. The molecule has 4 nitrogen and oxygen atoms in total. The van der Waals surface area contributed by atoms with Gasteiger partial charge in [-0.3, -0.25) is 0 Å². The van der Waals surface area contributed by atoms with Crippen molar-refractivity contribution >= 4 is 6.21 Å². The van der Waals surface area contributed by atoms with E-state index in [2.05, 4.69) is 11.9 Å². The Hall–Kier alpha value is -1.63. The Morgan fingerprint density at radius 2 is 2.58 bits per heavy atom. The van der Waals surface area contributed by atoms with E-state index in [4.69, 9.17) is 10.7 Å². The summed E-state index contributed by atoms with van der Waals surface area (Å²) >= 11 is 0. The molecular formula is C8H10N4. The van der Waals surface area contributed by atoms with Gasteiger partial charge >= 0.3 is 0 Å². The zero-order valence-corrected chi connectivity index (χ0v) is 6.91. The van der Waals surface area contributed by atoms with Crippen molar-refractivity contribution in [1.29, 1.82) is 10.7 Å². The van der Waals surface area contributed by atoms with Crippen LogP contribution >= 0.6 is 0 Å². The normalized spacial score (nSPS) is 9.33. The van der Waals surface area contributed by atoms with E-state index in [9.17, 15) is 0 Å². The minimum atomic E-state index is 0.404. The van der Waals surface area contributed by atoms with Crippen molar-refractivity contribution < 1.29 is 0 Å². The predicted molar refractivity (Wildman–Crippen MR) is 45.1 cm³/mol. The lowest BCUT2D eigenvalue weighted by Gasteiger charge is -1.85. The topological polar surface area (TPSA) is 65.5 Å². The van der Waals surface area contributed by atoms with Crippen molar-refractivity contribution in [3.63, 3.8) is 0 Å². The molecule has 0 unspecified atom stereocenters. The number of aromatic nitrogens is 2. The van der Waals surface area contributed by atoms with Gasteiger partial charge in [0.05, 0.1) is 11.9 Å². The van der Waals surface area contributed by atoms with Gasteiger partial charge in [0.1, 0.15) is 0 Å². The Bertz CT molecular complexity index is 318.